The summed E-state index contributed by atoms with van der Waals surface area (Å²) in [6.45, 7) is 0.713. The van der Waals surface area contributed by atoms with Gasteiger partial charge in [0.25, 0.3) is 0 Å². The molecule has 6 heavy (non-hydrogen) atoms. The summed E-state index contributed by atoms with van der Waals surface area (Å²) < 4.78 is 4.91. The number of halogens is 1. The van der Waals surface area contributed by atoms with E-state index in [2.05, 4.69) is 0 Å². The topological polar surface area (TPSA) is 9.23 Å². The molecule has 0 radical (unpaired) electrons. The molecule has 0 aromatic heterocycles. The molecule has 0 aliphatic carbocycles. The molecule has 0 amide bonds. The van der Waals surface area contributed by atoms with Gasteiger partial charge in [0.05, 0.1) is 6.61 Å². The van der Waals surface area contributed by atoms with E-state index in [9.17, 15) is 0 Å². The number of ether oxygens (including phenoxy) is 1. The SMILES string of the molecule is [SiH3]COCCCl. The fourth-order valence-corrected chi connectivity index (χ4v) is 0.597. The lowest BCUT2D eigenvalue weighted by Crippen LogP contribution is -1.95. The molecule has 0 spiro atoms. The number of rotatable bonds is 3. The largest absolute Gasteiger partial charge is 0.385 e. The van der Waals surface area contributed by atoms with Gasteiger partial charge in [0.15, 0.2) is 0 Å². The van der Waals surface area contributed by atoms with E-state index in [0.717, 1.165) is 16.5 Å². The third kappa shape index (κ3) is 4.47. The van der Waals surface area contributed by atoms with Crippen LogP contribution in [0.15, 0.2) is 0 Å². The minimum atomic E-state index is 0.627. The minimum absolute atomic E-state index is 0.627. The van der Waals surface area contributed by atoms with Crippen molar-refractivity contribution in [2.75, 3.05) is 18.7 Å². The van der Waals surface area contributed by atoms with Crippen molar-refractivity contribution < 1.29 is 4.74 Å². The number of hydrogen-bond acceptors (Lipinski definition) is 1. The van der Waals surface area contributed by atoms with Gasteiger partial charge < -0.3 is 4.74 Å². The van der Waals surface area contributed by atoms with Crippen molar-refractivity contribution in [2.45, 2.75) is 0 Å². The van der Waals surface area contributed by atoms with Gasteiger partial charge in [-0.3, -0.25) is 0 Å². The monoisotopic (exact) mass is 124 g/mol. The zero-order chi connectivity index (χ0) is 4.83. The van der Waals surface area contributed by atoms with Crippen molar-refractivity contribution in [3.63, 3.8) is 0 Å². The van der Waals surface area contributed by atoms with E-state index in [1.807, 2.05) is 0 Å². The van der Waals surface area contributed by atoms with Crippen LogP contribution in [0, 0.1) is 0 Å². The van der Waals surface area contributed by atoms with E-state index < -0.39 is 0 Å². The Balaban J connectivity index is 2.34. The van der Waals surface area contributed by atoms with Gasteiger partial charge in [-0.2, -0.15) is 0 Å². The molecule has 0 saturated heterocycles. The lowest BCUT2D eigenvalue weighted by Gasteiger charge is -1.90. The molecule has 1 nitrogen and oxygen atoms in total. The van der Waals surface area contributed by atoms with Gasteiger partial charge in [-0.1, -0.05) is 0 Å². The van der Waals surface area contributed by atoms with Crippen LogP contribution in [-0.4, -0.2) is 29.0 Å². The predicted molar refractivity (Wildman–Crippen MR) is 31.5 cm³/mol. The Morgan fingerprint density at radius 1 is 1.67 bits per heavy atom. The third-order valence-electron chi connectivity index (χ3n) is 0.426. The standard InChI is InChI=1S/C3H9ClOSi/c4-1-2-5-3-6/h1-3H2,6H3. The first-order valence-electron chi connectivity index (χ1n) is 2.05. The maximum Gasteiger partial charge on any atom is 0.0597 e. The lowest BCUT2D eigenvalue weighted by atomic mass is 10.9. The number of hydrogen-bond donors (Lipinski definition) is 0. The van der Waals surface area contributed by atoms with Gasteiger partial charge in [0, 0.05) is 22.4 Å². The fourth-order valence-electron chi connectivity index (χ4n) is 0.199. The Labute approximate surface area is 46.1 Å². The summed E-state index contributed by atoms with van der Waals surface area (Å²) in [6.07, 6.45) is 0.909. The maximum atomic E-state index is 5.27. The molecule has 0 saturated carbocycles. The summed E-state index contributed by atoms with van der Waals surface area (Å²) in [5, 5.41) is 0. The van der Waals surface area contributed by atoms with Crippen LogP contribution in [0.3, 0.4) is 0 Å². The van der Waals surface area contributed by atoms with Crippen LogP contribution < -0.4 is 0 Å². The second kappa shape index (κ2) is 5.47. The first-order valence-corrected chi connectivity index (χ1v) is 4.00. The van der Waals surface area contributed by atoms with Crippen LogP contribution in [0.2, 0.25) is 0 Å². The van der Waals surface area contributed by atoms with Crippen LogP contribution in [0.25, 0.3) is 0 Å². The van der Waals surface area contributed by atoms with Crippen LogP contribution in [0.1, 0.15) is 0 Å². The average molecular weight is 125 g/mol. The Kier molecular flexibility index (Phi) is 5.89. The molecule has 0 aromatic rings. The molecule has 0 bridgehead atoms. The van der Waals surface area contributed by atoms with Gasteiger partial charge in [-0.15, -0.1) is 11.6 Å². The lowest BCUT2D eigenvalue weighted by molar-refractivity contribution is 0.197. The van der Waals surface area contributed by atoms with Gasteiger partial charge in [-0.25, -0.2) is 0 Å². The highest BCUT2D eigenvalue weighted by Gasteiger charge is 1.74. The van der Waals surface area contributed by atoms with Crippen molar-refractivity contribution in [2.24, 2.45) is 0 Å². The summed E-state index contributed by atoms with van der Waals surface area (Å²) in [6, 6.07) is 0. The van der Waals surface area contributed by atoms with Crippen LogP contribution in [0.5, 0.6) is 0 Å². The first-order chi connectivity index (χ1) is 2.91. The van der Waals surface area contributed by atoms with Crippen molar-refractivity contribution in [1.82, 2.24) is 0 Å². The van der Waals surface area contributed by atoms with Crippen molar-refractivity contribution >= 4 is 21.8 Å². The summed E-state index contributed by atoms with van der Waals surface area (Å²) in [5.74, 6) is 0.627. The van der Waals surface area contributed by atoms with E-state index in [4.69, 9.17) is 16.3 Å². The van der Waals surface area contributed by atoms with Crippen molar-refractivity contribution in [3.8, 4) is 0 Å². The Hall–Kier alpha value is 0.467. The van der Waals surface area contributed by atoms with Gasteiger partial charge >= 0.3 is 0 Å². The second-order valence-corrected chi connectivity index (χ2v) is 1.84. The molecular weight excluding hydrogens is 116 g/mol. The van der Waals surface area contributed by atoms with Gasteiger partial charge in [0.1, 0.15) is 0 Å². The van der Waals surface area contributed by atoms with E-state index in [1.165, 1.54) is 0 Å². The highest BCUT2D eigenvalue weighted by molar-refractivity contribution is 6.18. The van der Waals surface area contributed by atoms with Crippen molar-refractivity contribution in [3.05, 3.63) is 0 Å². The van der Waals surface area contributed by atoms with Crippen molar-refractivity contribution in [1.29, 1.82) is 0 Å². The van der Waals surface area contributed by atoms with Crippen LogP contribution >= 0.6 is 11.6 Å². The van der Waals surface area contributed by atoms with Gasteiger partial charge in [0.2, 0.25) is 0 Å². The minimum Gasteiger partial charge on any atom is -0.385 e. The van der Waals surface area contributed by atoms with E-state index in [1.54, 1.807) is 0 Å². The molecule has 0 aromatic carbocycles. The summed E-state index contributed by atoms with van der Waals surface area (Å²) >= 11 is 5.27. The fraction of sp³-hybridized carbons (Fsp3) is 1.00. The highest BCUT2D eigenvalue weighted by atomic mass is 35.5. The molecule has 0 N–H and O–H groups in total. The summed E-state index contributed by atoms with van der Waals surface area (Å²) in [5.41, 5.74) is 0. The normalized spacial score (nSPS) is 9.50. The average Bonchev–Trinajstić information content (AvgIpc) is 1.61. The second-order valence-electron chi connectivity index (χ2n) is 0.886. The zero-order valence-corrected chi connectivity index (χ0v) is 6.66. The predicted octanol–water partition coefficient (Wildman–Crippen LogP) is -0.435. The molecule has 38 valence electrons. The number of alkyl halides is 1. The van der Waals surface area contributed by atoms with Crippen LogP contribution in [-0.2, 0) is 4.74 Å². The Bertz CT molecular complexity index is 22.8. The molecule has 0 heterocycles. The molecule has 0 atom stereocenters. The van der Waals surface area contributed by atoms with E-state index >= 15 is 0 Å². The highest BCUT2D eigenvalue weighted by Crippen LogP contribution is 1.73. The molecule has 3 heteroatoms. The van der Waals surface area contributed by atoms with E-state index in [0.29, 0.717) is 12.5 Å². The zero-order valence-electron chi connectivity index (χ0n) is 3.91. The Morgan fingerprint density at radius 3 is 2.50 bits per heavy atom. The first kappa shape index (κ1) is 6.47. The molecule has 0 rings (SSSR count). The molecule has 0 aliphatic heterocycles. The summed E-state index contributed by atoms with van der Waals surface area (Å²) in [4.78, 5) is 0. The molecule has 0 unspecified atom stereocenters. The quantitative estimate of drug-likeness (QED) is 0.282. The smallest absolute Gasteiger partial charge is 0.0597 e. The maximum absolute atomic E-state index is 5.27. The molecular formula is C3H9ClOSi. The molecule has 0 fully saturated rings. The summed E-state index contributed by atoms with van der Waals surface area (Å²) in [7, 11) is 1.12. The van der Waals surface area contributed by atoms with E-state index in [-0.39, 0.29) is 0 Å². The van der Waals surface area contributed by atoms with Crippen LogP contribution in [0.4, 0.5) is 0 Å². The third-order valence-corrected chi connectivity index (χ3v) is 0.988. The molecule has 0 aliphatic rings. The Morgan fingerprint density at radius 2 is 2.33 bits per heavy atom. The van der Waals surface area contributed by atoms with Gasteiger partial charge in [-0.05, 0) is 0 Å².